The van der Waals surface area contributed by atoms with E-state index in [1.54, 1.807) is 0 Å². The molecule has 1 radical (unpaired) electrons. The van der Waals surface area contributed by atoms with Crippen LogP contribution in [-0.4, -0.2) is 23.2 Å². The Morgan fingerprint density at radius 2 is 1.57 bits per heavy atom. The molecule has 0 saturated heterocycles. The summed E-state index contributed by atoms with van der Waals surface area (Å²) in [4.78, 5) is 9.33. The van der Waals surface area contributed by atoms with Crippen LogP contribution in [0.25, 0.3) is 53.5 Å². The molecule has 0 N–H and O–H groups in total. The summed E-state index contributed by atoms with van der Waals surface area (Å²) in [5.41, 5.74) is 6.53. The van der Waals surface area contributed by atoms with Gasteiger partial charge in [-0.1, -0.05) is 67.5 Å². The molecule has 0 bridgehead atoms. The van der Waals surface area contributed by atoms with Crippen LogP contribution in [0, 0.1) is 25.0 Å². The van der Waals surface area contributed by atoms with Crippen molar-refractivity contribution in [3.05, 3.63) is 127 Å². The second kappa shape index (κ2) is 15.4. The molecule has 1 saturated carbocycles. The molecule has 0 amide bonds. The zero-order valence-electron chi connectivity index (χ0n) is 30.1. The second-order valence-electron chi connectivity index (χ2n) is 14.3. The maximum atomic E-state index is 9.22. The van der Waals surface area contributed by atoms with Crippen molar-refractivity contribution in [2.24, 2.45) is 5.92 Å². The van der Waals surface area contributed by atoms with Gasteiger partial charge in [0.1, 0.15) is 0 Å². The van der Waals surface area contributed by atoms with Crippen molar-refractivity contribution < 1.29 is 21.5 Å². The number of rotatable bonds is 5. The molecule has 5 heteroatoms. The Hall–Kier alpha value is -3.15. The van der Waals surface area contributed by atoms with Crippen molar-refractivity contribution in [1.82, 2.24) is 9.97 Å². The normalized spacial score (nSPS) is 15.2. The quantitative estimate of drug-likeness (QED) is 0.127. The largest absolute Gasteiger partial charge is 0.305 e. The summed E-state index contributed by atoms with van der Waals surface area (Å²) in [7, 11) is 0. The second-order valence-corrected chi connectivity index (χ2v) is 25.9. The van der Waals surface area contributed by atoms with Gasteiger partial charge in [-0.25, -0.2) is 0 Å². The molecule has 0 spiro atoms. The Morgan fingerprint density at radius 3 is 2.29 bits per heavy atom. The van der Waals surface area contributed by atoms with E-state index in [0.29, 0.717) is 5.92 Å². The van der Waals surface area contributed by atoms with E-state index in [2.05, 4.69) is 115 Å². The van der Waals surface area contributed by atoms with Crippen LogP contribution >= 0.6 is 11.3 Å². The minimum atomic E-state index is -1.77. The first-order valence-electron chi connectivity index (χ1n) is 17.8. The molecular formula is C44H44GeIrN2S-2. The van der Waals surface area contributed by atoms with Crippen LogP contribution in [0.3, 0.4) is 0 Å². The van der Waals surface area contributed by atoms with E-state index in [0.717, 1.165) is 40.9 Å². The van der Waals surface area contributed by atoms with Crippen molar-refractivity contribution in [3.8, 4) is 22.5 Å². The number of hydrogen-bond acceptors (Lipinski definition) is 3. The first kappa shape index (κ1) is 34.3. The minimum Gasteiger partial charge on any atom is -0.305 e. The van der Waals surface area contributed by atoms with Crippen molar-refractivity contribution >= 4 is 59.9 Å². The molecule has 3 heterocycles. The van der Waals surface area contributed by atoms with Gasteiger partial charge in [-0.15, -0.1) is 23.8 Å². The van der Waals surface area contributed by atoms with E-state index in [-0.39, 0.29) is 20.1 Å². The van der Waals surface area contributed by atoms with Gasteiger partial charge in [0.05, 0.1) is 0 Å². The Kier molecular flexibility index (Phi) is 10.8. The van der Waals surface area contributed by atoms with Crippen LogP contribution in [0.5, 0.6) is 0 Å². The predicted molar refractivity (Wildman–Crippen MR) is 210 cm³/mol. The third-order valence-corrected chi connectivity index (χ3v) is 15.6. The molecule has 1 aliphatic rings. The average molecular weight is 899 g/mol. The molecule has 1 aliphatic carbocycles. The number of hydrogen-bond donors (Lipinski definition) is 0. The first-order chi connectivity index (χ1) is 23.6. The molecule has 8 rings (SSSR count). The van der Waals surface area contributed by atoms with Crippen LogP contribution < -0.4 is 4.40 Å². The third-order valence-electron chi connectivity index (χ3n) is 9.89. The number of nitrogens with zero attached hydrogens (tertiary/aromatic N) is 2. The summed E-state index contributed by atoms with van der Waals surface area (Å²) in [5.74, 6) is 7.04. The van der Waals surface area contributed by atoms with Gasteiger partial charge < -0.3 is 4.98 Å². The third kappa shape index (κ3) is 7.79. The Morgan fingerprint density at radius 1 is 0.816 bits per heavy atom. The Balaban J connectivity index is 0.000000204. The average Bonchev–Trinajstić information content (AvgIpc) is 3.48. The van der Waals surface area contributed by atoms with Gasteiger partial charge in [0.15, 0.2) is 0 Å². The standard InChI is InChI=1S/C29H26NS.C15H18GeN.Ir/c1-19(20-8-3-2-4-9-20)21-14-15-30-27(17-21)25-13-7-12-24-26-16-22-10-5-6-11-23(22)18-28(26)31-29(24)25;1-12-10-15(13-8-6-5-7-9-13)17-11-14(12)16(2,3)4;/h5-7,10-12,14-20H,2-4,8-9H2,1H3;5-8,10-11H,1-4H3;/q2*-1;/i19D;;. The van der Waals surface area contributed by atoms with Crippen LogP contribution in [-0.2, 0) is 20.1 Å². The SMILES string of the molecule is Cc1cc(-c2[c-]cccc2)nc[c]1[Ge]([CH3])([CH3])[CH3].[2H]C(C)(c1ccnc(-c2[c-]ccc3c2sc2cc4ccccc4cc23)c1)C1CCCCC1.[Ir]. The van der Waals surface area contributed by atoms with Crippen molar-refractivity contribution in [2.45, 2.75) is 69.1 Å². The molecule has 3 aromatic heterocycles. The number of pyridine rings is 2. The summed E-state index contributed by atoms with van der Waals surface area (Å²) in [6, 6.07) is 38.4. The molecule has 7 aromatic rings. The van der Waals surface area contributed by atoms with Crippen LogP contribution in [0.1, 0.15) is 57.4 Å². The maximum Gasteiger partial charge on any atom is 0.0352 e. The van der Waals surface area contributed by atoms with Crippen molar-refractivity contribution in [1.29, 1.82) is 0 Å². The monoisotopic (exact) mass is 900 g/mol. The summed E-state index contributed by atoms with van der Waals surface area (Å²) >= 11 is 0.0487. The molecular weight excluding hydrogens is 853 g/mol. The Bertz CT molecular complexity index is 2250. The zero-order chi connectivity index (χ0) is 34.2. The Labute approximate surface area is 313 Å². The van der Waals surface area contributed by atoms with Crippen molar-refractivity contribution in [3.63, 3.8) is 0 Å². The van der Waals surface area contributed by atoms with E-state index in [4.69, 9.17) is 4.98 Å². The fourth-order valence-corrected chi connectivity index (χ4v) is 12.1. The van der Waals surface area contributed by atoms with Crippen LogP contribution in [0.2, 0.25) is 17.3 Å². The van der Waals surface area contributed by atoms with E-state index < -0.39 is 19.2 Å². The zero-order valence-corrected chi connectivity index (χ0v) is 34.4. The first-order valence-corrected chi connectivity index (χ1v) is 25.4. The fraction of sp³-hybridized carbons (Fsp3) is 0.273. The van der Waals surface area contributed by atoms with Crippen LogP contribution in [0.15, 0.2) is 103 Å². The molecule has 1 unspecified atom stereocenters. The van der Waals surface area contributed by atoms with Gasteiger partial charge >= 0.3 is 106 Å². The van der Waals surface area contributed by atoms with Gasteiger partial charge in [0, 0.05) is 32.4 Å². The molecule has 49 heavy (non-hydrogen) atoms. The topological polar surface area (TPSA) is 25.8 Å². The molecule has 251 valence electrons. The summed E-state index contributed by atoms with van der Waals surface area (Å²) in [6.07, 6.45) is 10.1. The molecule has 0 aliphatic heterocycles. The molecule has 2 nitrogen and oxygen atoms in total. The predicted octanol–water partition coefficient (Wildman–Crippen LogP) is 12.2. The van der Waals surface area contributed by atoms with Gasteiger partial charge in [0.25, 0.3) is 0 Å². The number of aryl methyl sites for hydroxylation is 1. The summed E-state index contributed by atoms with van der Waals surface area (Å²) in [6.45, 7) is 4.29. The molecule has 1 atom stereocenters. The van der Waals surface area contributed by atoms with Crippen LogP contribution in [0.4, 0.5) is 0 Å². The van der Waals surface area contributed by atoms with E-state index in [1.807, 2.05) is 47.9 Å². The molecule has 4 aromatic carbocycles. The number of benzene rings is 4. The van der Waals surface area contributed by atoms with Gasteiger partial charge in [-0.2, -0.15) is 11.3 Å². The van der Waals surface area contributed by atoms with E-state index in [9.17, 15) is 1.37 Å². The number of thiophene rings is 1. The van der Waals surface area contributed by atoms with Crippen molar-refractivity contribution in [2.75, 3.05) is 0 Å². The van der Waals surface area contributed by atoms with Gasteiger partial charge in [0.2, 0.25) is 0 Å². The van der Waals surface area contributed by atoms with E-state index >= 15 is 0 Å². The minimum absolute atomic E-state index is 0. The van der Waals surface area contributed by atoms with Gasteiger partial charge in [-0.05, 0) is 69.4 Å². The number of fused-ring (bicyclic) bond motifs is 4. The smallest absolute Gasteiger partial charge is 0.0352 e. The maximum absolute atomic E-state index is 9.22. The summed E-state index contributed by atoms with van der Waals surface area (Å²) < 4.78 is 13.2. The number of aromatic nitrogens is 2. The summed E-state index contributed by atoms with van der Waals surface area (Å²) in [5, 5.41) is 5.10. The fourth-order valence-electron chi connectivity index (χ4n) is 7.24. The molecule has 1 fully saturated rings. The van der Waals surface area contributed by atoms with Gasteiger partial charge in [-0.3, -0.25) is 0 Å². The van der Waals surface area contributed by atoms with E-state index in [1.165, 1.54) is 60.2 Å².